The third-order valence-electron chi connectivity index (χ3n) is 9.39. The van der Waals surface area contributed by atoms with Gasteiger partial charge in [0.15, 0.2) is 0 Å². The Kier molecular flexibility index (Phi) is 9.89. The maximum absolute atomic E-state index is 13.8. The summed E-state index contributed by atoms with van der Waals surface area (Å²) in [6, 6.07) is 0.694. The number of hydrogen-bond acceptors (Lipinski definition) is 7. The lowest BCUT2D eigenvalue weighted by Gasteiger charge is -2.45. The van der Waals surface area contributed by atoms with Crippen LogP contribution in [0.3, 0.4) is 0 Å². The fourth-order valence-electron chi connectivity index (χ4n) is 7.19. The van der Waals surface area contributed by atoms with Crippen molar-refractivity contribution in [1.82, 2.24) is 20.4 Å². The number of rotatable bonds is 6. The normalized spacial score (nSPS) is 31.2. The number of amides is 1. The van der Waals surface area contributed by atoms with Crippen molar-refractivity contribution in [3.05, 3.63) is 5.03 Å². The zero-order valence-electron chi connectivity index (χ0n) is 22.4. The minimum absolute atomic E-state index is 0.0312. The standard InChI is InChI=1S/C27H48ClN7O/c1-34(2)20-8-14-35(15-9-20)23-7-13-31-18-22(23)33-26(36)24(25(29)30)21-16-27(10-4-3-5-11-27)12-6-19(28)17-32-21/h20-25,31H,3-16,18,29-30H2,1-2H3,(H,33,36). The largest absolute Gasteiger partial charge is 0.350 e. The molecule has 3 heterocycles. The van der Waals surface area contributed by atoms with E-state index in [2.05, 4.69) is 40.4 Å². The van der Waals surface area contributed by atoms with E-state index in [1.54, 1.807) is 0 Å². The summed E-state index contributed by atoms with van der Waals surface area (Å²) in [5.41, 5.74) is 12.8. The molecule has 6 N–H and O–H groups in total. The van der Waals surface area contributed by atoms with Crippen LogP contribution in [0.2, 0.25) is 0 Å². The third kappa shape index (κ3) is 6.90. The van der Waals surface area contributed by atoms with Crippen LogP contribution in [0.1, 0.15) is 70.6 Å². The van der Waals surface area contributed by atoms with E-state index in [0.717, 1.165) is 64.7 Å². The van der Waals surface area contributed by atoms with Crippen molar-refractivity contribution >= 4 is 23.4 Å². The molecule has 0 bridgehead atoms. The van der Waals surface area contributed by atoms with Crippen LogP contribution >= 0.6 is 11.6 Å². The number of allylic oxidation sites excluding steroid dienone is 1. The highest BCUT2D eigenvalue weighted by Crippen LogP contribution is 2.46. The first-order chi connectivity index (χ1) is 17.3. The SMILES string of the molecule is CN(C)C1CCN(C2CCNCC2NC(=O)C(C(N)N)C2CC3(CCCCC3)CCC(Cl)=C=N2)CC1. The number of nitrogens with two attached hydrogens (primary N) is 2. The molecule has 204 valence electrons. The van der Waals surface area contributed by atoms with Crippen molar-refractivity contribution in [1.29, 1.82) is 0 Å². The number of nitrogens with one attached hydrogen (secondary N) is 2. The van der Waals surface area contributed by atoms with Crippen LogP contribution in [0.15, 0.2) is 10.0 Å². The Balaban J connectivity index is 1.48. The third-order valence-corrected chi connectivity index (χ3v) is 9.66. The van der Waals surface area contributed by atoms with Crippen molar-refractivity contribution in [2.24, 2.45) is 27.8 Å². The number of carbonyl (C=O) groups excluding carboxylic acids is 1. The summed E-state index contributed by atoms with van der Waals surface area (Å²) in [6.45, 7) is 3.88. The first-order valence-corrected chi connectivity index (χ1v) is 14.6. The molecule has 3 aliphatic heterocycles. The first-order valence-electron chi connectivity index (χ1n) is 14.2. The van der Waals surface area contributed by atoms with Crippen molar-refractivity contribution in [3.63, 3.8) is 0 Å². The zero-order valence-corrected chi connectivity index (χ0v) is 23.1. The fourth-order valence-corrected chi connectivity index (χ4v) is 7.33. The fraction of sp³-hybridized carbons (Fsp3) is 0.889. The summed E-state index contributed by atoms with van der Waals surface area (Å²) in [5.74, 6) is 2.34. The van der Waals surface area contributed by atoms with Gasteiger partial charge in [-0.1, -0.05) is 30.9 Å². The van der Waals surface area contributed by atoms with E-state index >= 15 is 0 Å². The number of likely N-dealkylation sites (tertiary alicyclic amines) is 1. The van der Waals surface area contributed by atoms with E-state index in [1.165, 1.54) is 32.1 Å². The number of aliphatic imine (C=N–C) groups is 1. The Morgan fingerprint density at radius 1 is 1.19 bits per heavy atom. The van der Waals surface area contributed by atoms with Crippen LogP contribution in [0, 0.1) is 11.3 Å². The average molecular weight is 522 g/mol. The van der Waals surface area contributed by atoms with Crippen LogP contribution in [-0.2, 0) is 4.79 Å². The second-order valence-electron chi connectivity index (χ2n) is 12.0. The highest BCUT2D eigenvalue weighted by Gasteiger charge is 2.42. The summed E-state index contributed by atoms with van der Waals surface area (Å²) in [7, 11) is 4.34. The molecule has 36 heavy (non-hydrogen) atoms. The second kappa shape index (κ2) is 12.7. The lowest BCUT2D eigenvalue weighted by molar-refractivity contribution is -0.128. The van der Waals surface area contributed by atoms with Gasteiger partial charge in [0.2, 0.25) is 5.91 Å². The Morgan fingerprint density at radius 3 is 2.58 bits per heavy atom. The van der Waals surface area contributed by atoms with Crippen LogP contribution in [0.25, 0.3) is 0 Å². The molecule has 8 nitrogen and oxygen atoms in total. The summed E-state index contributed by atoms with van der Waals surface area (Å²) < 4.78 is 0. The highest BCUT2D eigenvalue weighted by atomic mass is 35.5. The van der Waals surface area contributed by atoms with E-state index in [9.17, 15) is 4.79 Å². The van der Waals surface area contributed by atoms with Gasteiger partial charge in [-0.15, -0.1) is 0 Å². The number of carbonyl (C=O) groups is 1. The first kappa shape index (κ1) is 28.0. The minimum Gasteiger partial charge on any atom is -0.350 e. The van der Waals surface area contributed by atoms with E-state index in [4.69, 9.17) is 28.1 Å². The predicted octanol–water partition coefficient (Wildman–Crippen LogP) is 2.01. The Bertz CT molecular complexity index is 798. The molecule has 0 radical (unpaired) electrons. The van der Waals surface area contributed by atoms with Crippen LogP contribution < -0.4 is 22.1 Å². The Labute approximate surface area is 222 Å². The van der Waals surface area contributed by atoms with E-state index in [0.29, 0.717) is 17.1 Å². The van der Waals surface area contributed by atoms with Gasteiger partial charge in [0.05, 0.1) is 29.2 Å². The lowest BCUT2D eigenvalue weighted by Crippen LogP contribution is -2.63. The van der Waals surface area contributed by atoms with Gasteiger partial charge in [0.1, 0.15) is 0 Å². The molecule has 4 unspecified atom stereocenters. The molecule has 0 aromatic carbocycles. The molecule has 3 fully saturated rings. The monoisotopic (exact) mass is 521 g/mol. The van der Waals surface area contributed by atoms with Crippen LogP contribution in [-0.4, -0.2) is 92.2 Å². The van der Waals surface area contributed by atoms with Gasteiger partial charge in [-0.25, -0.2) is 4.99 Å². The molecule has 4 rings (SSSR count). The lowest BCUT2D eigenvalue weighted by atomic mass is 9.66. The average Bonchev–Trinajstić information content (AvgIpc) is 2.86. The highest BCUT2D eigenvalue weighted by molar-refractivity contribution is 6.33. The molecular weight excluding hydrogens is 474 g/mol. The molecule has 0 aromatic rings. The second-order valence-corrected chi connectivity index (χ2v) is 12.4. The molecular formula is C27H48ClN7O. The zero-order chi connectivity index (χ0) is 25.7. The Morgan fingerprint density at radius 2 is 1.92 bits per heavy atom. The summed E-state index contributed by atoms with van der Waals surface area (Å²) in [5, 5.41) is 7.51. The number of nitrogens with zero attached hydrogens (tertiary/aromatic N) is 3. The predicted molar refractivity (Wildman–Crippen MR) is 147 cm³/mol. The molecule has 0 aromatic heterocycles. The number of hydrogen-bond donors (Lipinski definition) is 4. The van der Waals surface area contributed by atoms with Gasteiger partial charge in [0.25, 0.3) is 0 Å². The number of piperidine rings is 2. The number of halogens is 1. The Hall–Kier alpha value is -0.990. The maximum Gasteiger partial charge on any atom is 0.228 e. The van der Waals surface area contributed by atoms with Gasteiger partial charge in [-0.3, -0.25) is 9.69 Å². The summed E-state index contributed by atoms with van der Waals surface area (Å²) >= 11 is 6.45. The van der Waals surface area contributed by atoms with Crippen molar-refractivity contribution < 1.29 is 4.79 Å². The summed E-state index contributed by atoms with van der Waals surface area (Å²) in [6.07, 6.45) is 11.3. The quantitative estimate of drug-likeness (QED) is 0.398. The van der Waals surface area contributed by atoms with Gasteiger partial charge in [0, 0.05) is 31.7 Å². The minimum atomic E-state index is -0.787. The smallest absolute Gasteiger partial charge is 0.228 e. The van der Waals surface area contributed by atoms with Crippen LogP contribution in [0.5, 0.6) is 0 Å². The van der Waals surface area contributed by atoms with Gasteiger partial charge >= 0.3 is 0 Å². The van der Waals surface area contributed by atoms with E-state index in [1.807, 2.05) is 0 Å². The van der Waals surface area contributed by atoms with Gasteiger partial charge in [-0.05, 0) is 83.3 Å². The maximum atomic E-state index is 13.8. The van der Waals surface area contributed by atoms with Gasteiger partial charge in [-0.2, -0.15) is 0 Å². The molecule has 4 aliphatic rings. The molecule has 1 aliphatic carbocycles. The molecule has 4 atom stereocenters. The van der Waals surface area contributed by atoms with E-state index in [-0.39, 0.29) is 23.4 Å². The summed E-state index contributed by atoms with van der Waals surface area (Å²) in [4.78, 5) is 23.4. The van der Waals surface area contributed by atoms with Crippen LogP contribution in [0.4, 0.5) is 0 Å². The van der Waals surface area contributed by atoms with Crippen molar-refractivity contribution in [3.8, 4) is 0 Å². The molecule has 1 saturated carbocycles. The molecule has 1 amide bonds. The molecule has 9 heteroatoms. The van der Waals surface area contributed by atoms with Crippen molar-refractivity contribution in [2.45, 2.75) is 101 Å². The topological polar surface area (TPSA) is 112 Å². The van der Waals surface area contributed by atoms with Gasteiger partial charge < -0.3 is 27.0 Å². The van der Waals surface area contributed by atoms with Crippen molar-refractivity contribution in [2.75, 3.05) is 40.3 Å². The molecule has 1 spiro atoms. The molecule has 2 saturated heterocycles. The van der Waals surface area contributed by atoms with E-state index < -0.39 is 12.1 Å².